The summed E-state index contributed by atoms with van der Waals surface area (Å²) in [5, 5.41) is 0. The predicted octanol–water partition coefficient (Wildman–Crippen LogP) is 3.19. The van der Waals surface area contributed by atoms with E-state index >= 15 is 0 Å². The van der Waals surface area contributed by atoms with Gasteiger partial charge in [-0.15, -0.1) is 0 Å². The molecule has 1 heterocycles. The molecule has 1 aromatic heterocycles. The Bertz CT molecular complexity index is 547. The van der Waals surface area contributed by atoms with Gasteiger partial charge in [-0.1, -0.05) is 13.0 Å². The summed E-state index contributed by atoms with van der Waals surface area (Å²) in [6, 6.07) is 5.59. The zero-order valence-corrected chi connectivity index (χ0v) is 11.0. The molecule has 0 aliphatic rings. The van der Waals surface area contributed by atoms with Crippen molar-refractivity contribution in [1.82, 2.24) is 4.98 Å². The average molecular weight is 246 g/mol. The quantitative estimate of drug-likeness (QED) is 0.841. The second kappa shape index (κ2) is 5.12. The monoisotopic (exact) mass is 246 g/mol. The molecule has 4 heteroatoms. The SMILES string of the molecule is CCOc1c(N)cccc1-c1nc(C)c(CC)o1. The molecule has 0 fully saturated rings. The van der Waals surface area contributed by atoms with Gasteiger partial charge in [-0.05, 0) is 26.0 Å². The normalized spacial score (nSPS) is 10.6. The molecule has 2 rings (SSSR count). The van der Waals surface area contributed by atoms with Crippen LogP contribution in [0.5, 0.6) is 5.75 Å². The molecule has 0 saturated carbocycles. The Morgan fingerprint density at radius 1 is 1.33 bits per heavy atom. The van der Waals surface area contributed by atoms with Crippen molar-refractivity contribution >= 4 is 5.69 Å². The van der Waals surface area contributed by atoms with Crippen molar-refractivity contribution in [3.63, 3.8) is 0 Å². The number of nitrogens with zero attached hydrogens (tertiary/aromatic N) is 1. The smallest absolute Gasteiger partial charge is 0.230 e. The topological polar surface area (TPSA) is 61.3 Å². The third kappa shape index (κ3) is 2.18. The minimum Gasteiger partial charge on any atom is -0.491 e. The molecule has 0 aliphatic heterocycles. The number of hydrogen-bond acceptors (Lipinski definition) is 4. The summed E-state index contributed by atoms with van der Waals surface area (Å²) in [7, 11) is 0. The number of aryl methyl sites for hydroxylation is 2. The van der Waals surface area contributed by atoms with Crippen molar-refractivity contribution in [3.05, 3.63) is 29.7 Å². The standard InChI is InChI=1S/C14H18N2O2/c1-4-12-9(3)16-14(18-12)10-7-6-8-11(15)13(10)17-5-2/h6-8H,4-5,15H2,1-3H3. The Morgan fingerprint density at radius 2 is 2.11 bits per heavy atom. The molecule has 2 N–H and O–H groups in total. The van der Waals surface area contributed by atoms with Crippen LogP contribution in [0.25, 0.3) is 11.5 Å². The van der Waals surface area contributed by atoms with Gasteiger partial charge in [0.05, 0.1) is 23.6 Å². The largest absolute Gasteiger partial charge is 0.491 e. The first-order valence-electron chi connectivity index (χ1n) is 6.15. The number of nitrogens with two attached hydrogens (primary N) is 1. The summed E-state index contributed by atoms with van der Waals surface area (Å²) < 4.78 is 11.3. The summed E-state index contributed by atoms with van der Waals surface area (Å²) >= 11 is 0. The molecule has 0 atom stereocenters. The second-order valence-corrected chi connectivity index (χ2v) is 4.04. The number of aromatic nitrogens is 1. The Hall–Kier alpha value is -1.97. The van der Waals surface area contributed by atoms with Crippen molar-refractivity contribution < 1.29 is 9.15 Å². The average Bonchev–Trinajstić information content (AvgIpc) is 2.73. The molecule has 0 unspecified atom stereocenters. The fourth-order valence-electron chi connectivity index (χ4n) is 1.90. The van der Waals surface area contributed by atoms with E-state index < -0.39 is 0 Å². The molecule has 0 amide bonds. The van der Waals surface area contributed by atoms with Crippen LogP contribution < -0.4 is 10.5 Å². The highest BCUT2D eigenvalue weighted by Gasteiger charge is 2.16. The van der Waals surface area contributed by atoms with Crippen LogP contribution in [0.4, 0.5) is 5.69 Å². The highest BCUT2D eigenvalue weighted by molar-refractivity contribution is 5.72. The number of benzene rings is 1. The molecule has 96 valence electrons. The van der Waals surface area contributed by atoms with E-state index in [9.17, 15) is 0 Å². The first-order valence-corrected chi connectivity index (χ1v) is 6.15. The van der Waals surface area contributed by atoms with Crippen LogP contribution in [0.2, 0.25) is 0 Å². The van der Waals surface area contributed by atoms with E-state index in [0.717, 1.165) is 23.4 Å². The van der Waals surface area contributed by atoms with E-state index in [4.69, 9.17) is 14.9 Å². The molecule has 0 bridgehead atoms. The van der Waals surface area contributed by atoms with E-state index in [1.54, 1.807) is 0 Å². The maximum atomic E-state index is 5.93. The fraction of sp³-hybridized carbons (Fsp3) is 0.357. The fourth-order valence-corrected chi connectivity index (χ4v) is 1.90. The van der Waals surface area contributed by atoms with E-state index in [-0.39, 0.29) is 0 Å². The minimum atomic E-state index is 0.557. The lowest BCUT2D eigenvalue weighted by Gasteiger charge is -2.10. The molecule has 0 aliphatic carbocycles. The van der Waals surface area contributed by atoms with Crippen molar-refractivity contribution in [2.24, 2.45) is 0 Å². The van der Waals surface area contributed by atoms with Crippen LogP contribution >= 0.6 is 0 Å². The lowest BCUT2D eigenvalue weighted by atomic mass is 10.1. The lowest BCUT2D eigenvalue weighted by Crippen LogP contribution is -1.99. The van der Waals surface area contributed by atoms with Gasteiger partial charge in [0.1, 0.15) is 5.76 Å². The van der Waals surface area contributed by atoms with Gasteiger partial charge in [0.15, 0.2) is 5.75 Å². The minimum absolute atomic E-state index is 0.557. The van der Waals surface area contributed by atoms with Crippen molar-refractivity contribution in [1.29, 1.82) is 0 Å². The van der Waals surface area contributed by atoms with Crippen LogP contribution in [0.15, 0.2) is 22.6 Å². The van der Waals surface area contributed by atoms with Crippen LogP contribution in [0.1, 0.15) is 25.3 Å². The number of para-hydroxylation sites is 1. The molecule has 18 heavy (non-hydrogen) atoms. The Morgan fingerprint density at radius 3 is 2.72 bits per heavy atom. The van der Waals surface area contributed by atoms with Gasteiger partial charge >= 0.3 is 0 Å². The maximum Gasteiger partial charge on any atom is 0.230 e. The third-order valence-corrected chi connectivity index (χ3v) is 2.78. The second-order valence-electron chi connectivity index (χ2n) is 4.04. The Labute approximate surface area is 107 Å². The van der Waals surface area contributed by atoms with Gasteiger partial charge in [-0.3, -0.25) is 0 Å². The molecule has 0 saturated heterocycles. The van der Waals surface area contributed by atoms with Crippen LogP contribution in [0.3, 0.4) is 0 Å². The van der Waals surface area contributed by atoms with Gasteiger partial charge < -0.3 is 14.9 Å². The zero-order chi connectivity index (χ0) is 13.1. The van der Waals surface area contributed by atoms with E-state index in [1.807, 2.05) is 39.0 Å². The van der Waals surface area contributed by atoms with Crippen molar-refractivity contribution in [3.8, 4) is 17.2 Å². The maximum absolute atomic E-state index is 5.93. The third-order valence-electron chi connectivity index (χ3n) is 2.78. The summed E-state index contributed by atoms with van der Waals surface area (Å²) in [6.07, 6.45) is 0.825. The number of oxazole rings is 1. The van der Waals surface area contributed by atoms with Crippen LogP contribution in [-0.4, -0.2) is 11.6 Å². The van der Waals surface area contributed by atoms with Gasteiger partial charge in [-0.2, -0.15) is 0 Å². The van der Waals surface area contributed by atoms with E-state index in [2.05, 4.69) is 4.98 Å². The van der Waals surface area contributed by atoms with Crippen molar-refractivity contribution in [2.45, 2.75) is 27.2 Å². The molecular formula is C14H18N2O2. The molecule has 0 spiro atoms. The molecule has 4 nitrogen and oxygen atoms in total. The molecule has 0 radical (unpaired) electrons. The van der Waals surface area contributed by atoms with E-state index in [0.29, 0.717) is 23.9 Å². The summed E-state index contributed by atoms with van der Waals surface area (Å²) in [4.78, 5) is 4.43. The number of nitrogen functional groups attached to an aromatic ring is 1. The number of ether oxygens (including phenoxy) is 1. The van der Waals surface area contributed by atoms with E-state index in [1.165, 1.54) is 0 Å². The highest BCUT2D eigenvalue weighted by Crippen LogP contribution is 2.35. The number of anilines is 1. The first-order chi connectivity index (χ1) is 8.67. The molecule has 2 aromatic rings. The summed E-state index contributed by atoms with van der Waals surface area (Å²) in [6.45, 7) is 6.47. The molecular weight excluding hydrogens is 228 g/mol. The lowest BCUT2D eigenvalue weighted by molar-refractivity contribution is 0.342. The number of hydrogen-bond donors (Lipinski definition) is 1. The van der Waals surface area contributed by atoms with Crippen molar-refractivity contribution in [2.75, 3.05) is 12.3 Å². The van der Waals surface area contributed by atoms with Gasteiger partial charge in [-0.25, -0.2) is 4.98 Å². The van der Waals surface area contributed by atoms with Crippen LogP contribution in [-0.2, 0) is 6.42 Å². The zero-order valence-electron chi connectivity index (χ0n) is 11.0. The first kappa shape index (κ1) is 12.5. The molecule has 1 aromatic carbocycles. The van der Waals surface area contributed by atoms with Crippen LogP contribution in [0, 0.1) is 6.92 Å². The van der Waals surface area contributed by atoms with Gasteiger partial charge in [0.25, 0.3) is 0 Å². The van der Waals surface area contributed by atoms with Gasteiger partial charge in [0, 0.05) is 6.42 Å². The summed E-state index contributed by atoms with van der Waals surface area (Å²) in [5.74, 6) is 2.11. The highest BCUT2D eigenvalue weighted by atomic mass is 16.5. The Kier molecular flexibility index (Phi) is 3.55. The predicted molar refractivity (Wildman–Crippen MR) is 71.6 cm³/mol. The van der Waals surface area contributed by atoms with Gasteiger partial charge in [0.2, 0.25) is 5.89 Å². The summed E-state index contributed by atoms with van der Waals surface area (Å²) in [5.41, 5.74) is 8.25. The Balaban J connectivity index is 2.52. The number of rotatable bonds is 4.